The molecule has 33 heavy (non-hydrogen) atoms. The van der Waals surface area contributed by atoms with Gasteiger partial charge in [-0.05, 0) is 61.2 Å². The van der Waals surface area contributed by atoms with Crippen molar-refractivity contribution in [2.45, 2.75) is 20.3 Å². The molecule has 1 heterocycles. The molecule has 1 saturated heterocycles. The maximum absolute atomic E-state index is 12.9. The van der Waals surface area contributed by atoms with E-state index in [2.05, 4.69) is 5.32 Å². The van der Waals surface area contributed by atoms with Crippen LogP contribution in [0.1, 0.15) is 29.3 Å². The van der Waals surface area contributed by atoms with Crippen molar-refractivity contribution in [2.75, 3.05) is 16.8 Å². The van der Waals surface area contributed by atoms with Crippen molar-refractivity contribution in [3.63, 3.8) is 0 Å². The van der Waals surface area contributed by atoms with Gasteiger partial charge in [-0.15, -0.1) is 0 Å². The Kier molecular flexibility index (Phi) is 6.33. The van der Waals surface area contributed by atoms with Gasteiger partial charge >= 0.3 is 5.97 Å². The third kappa shape index (κ3) is 4.41. The third-order valence-corrected chi connectivity index (χ3v) is 6.52. The number of nitrogens with zero attached hydrogens (tertiary/aromatic N) is 1. The van der Waals surface area contributed by atoms with E-state index in [0.29, 0.717) is 28.4 Å². The van der Waals surface area contributed by atoms with E-state index in [4.69, 9.17) is 16.3 Å². The summed E-state index contributed by atoms with van der Waals surface area (Å²) < 4.78 is 5.09. The lowest BCUT2D eigenvalue weighted by Crippen LogP contribution is -2.31. The van der Waals surface area contributed by atoms with Crippen LogP contribution >= 0.6 is 11.6 Å². The van der Waals surface area contributed by atoms with Gasteiger partial charge in [0.15, 0.2) is 6.61 Å². The van der Waals surface area contributed by atoms with Crippen molar-refractivity contribution >= 4 is 46.7 Å². The summed E-state index contributed by atoms with van der Waals surface area (Å²) in [6.07, 6.45) is 4.47. The molecule has 2 aromatic rings. The second kappa shape index (κ2) is 9.19. The summed E-state index contributed by atoms with van der Waals surface area (Å²) in [7, 11) is 0. The predicted octanol–water partition coefficient (Wildman–Crippen LogP) is 4.15. The number of hydrogen-bond acceptors (Lipinski definition) is 5. The van der Waals surface area contributed by atoms with Gasteiger partial charge in [-0.2, -0.15) is 0 Å². The molecule has 0 radical (unpaired) electrons. The molecule has 170 valence electrons. The second-order valence-electron chi connectivity index (χ2n) is 8.25. The quantitative estimate of drug-likeness (QED) is 0.406. The molecule has 8 heteroatoms. The van der Waals surface area contributed by atoms with Crippen LogP contribution in [0.15, 0.2) is 54.6 Å². The fourth-order valence-corrected chi connectivity index (χ4v) is 4.47. The number of benzene rings is 2. The summed E-state index contributed by atoms with van der Waals surface area (Å²) in [5.41, 5.74) is 1.87. The Morgan fingerprint density at radius 1 is 1.12 bits per heavy atom. The average molecular weight is 467 g/mol. The van der Waals surface area contributed by atoms with E-state index in [1.807, 2.05) is 19.1 Å². The zero-order chi connectivity index (χ0) is 23.7. The lowest BCUT2D eigenvalue weighted by molar-refractivity contribution is -0.123. The van der Waals surface area contributed by atoms with E-state index in [9.17, 15) is 19.2 Å². The summed E-state index contributed by atoms with van der Waals surface area (Å²) in [5, 5.41) is 3.17. The number of halogens is 1. The summed E-state index contributed by atoms with van der Waals surface area (Å²) in [6, 6.07) is 11.1. The van der Waals surface area contributed by atoms with Gasteiger partial charge in [-0.1, -0.05) is 36.7 Å². The molecule has 3 amide bonds. The first-order valence-electron chi connectivity index (χ1n) is 10.6. The largest absolute Gasteiger partial charge is 0.452 e. The van der Waals surface area contributed by atoms with E-state index in [1.54, 1.807) is 25.1 Å². The van der Waals surface area contributed by atoms with Crippen LogP contribution < -0.4 is 10.2 Å². The van der Waals surface area contributed by atoms with Crippen LogP contribution in [-0.4, -0.2) is 30.3 Å². The van der Waals surface area contributed by atoms with Gasteiger partial charge in [0.05, 0.1) is 23.1 Å². The first-order valence-corrected chi connectivity index (χ1v) is 11.0. The highest BCUT2D eigenvalue weighted by atomic mass is 35.5. The number of anilines is 2. The van der Waals surface area contributed by atoms with Crippen LogP contribution in [0.5, 0.6) is 0 Å². The number of ether oxygens (including phenoxy) is 1. The highest BCUT2D eigenvalue weighted by molar-refractivity contribution is 6.31. The predicted molar refractivity (Wildman–Crippen MR) is 124 cm³/mol. The number of esters is 1. The Bertz CT molecular complexity index is 1160. The van der Waals surface area contributed by atoms with Gasteiger partial charge in [0.25, 0.3) is 5.91 Å². The van der Waals surface area contributed by atoms with Crippen LogP contribution in [-0.2, 0) is 19.1 Å². The molecule has 3 atom stereocenters. The van der Waals surface area contributed by atoms with Crippen molar-refractivity contribution in [3.8, 4) is 0 Å². The molecule has 4 rings (SSSR count). The number of carbonyl (C=O) groups excluding carboxylic acids is 4. The minimum Gasteiger partial charge on any atom is -0.452 e. The number of amides is 3. The van der Waals surface area contributed by atoms with Crippen LogP contribution in [0.3, 0.4) is 0 Å². The van der Waals surface area contributed by atoms with E-state index < -0.39 is 18.5 Å². The number of nitrogens with one attached hydrogen (secondary N) is 1. The number of hydrogen-bond donors (Lipinski definition) is 1. The minimum absolute atomic E-state index is 0.00120. The van der Waals surface area contributed by atoms with Crippen LogP contribution in [0.2, 0.25) is 5.02 Å². The van der Waals surface area contributed by atoms with Crippen molar-refractivity contribution < 1.29 is 23.9 Å². The van der Waals surface area contributed by atoms with Gasteiger partial charge in [0.1, 0.15) is 0 Å². The Balaban J connectivity index is 1.38. The highest BCUT2D eigenvalue weighted by Crippen LogP contribution is 2.40. The molecular formula is C25H23ClN2O5. The van der Waals surface area contributed by atoms with E-state index in [-0.39, 0.29) is 35.1 Å². The normalized spacial score (nSPS) is 21.7. The molecule has 0 saturated carbocycles. The minimum atomic E-state index is -0.690. The SMILES string of the molecule is Cc1c(Cl)cccc1NC(=O)COC(=O)c1ccc(N2C(=O)[C@H]3[C@H](C)C=CC[C@H]3C2=O)cc1. The van der Waals surface area contributed by atoms with Gasteiger partial charge < -0.3 is 10.1 Å². The molecular weight excluding hydrogens is 444 g/mol. The third-order valence-electron chi connectivity index (χ3n) is 6.11. The lowest BCUT2D eigenvalue weighted by atomic mass is 9.78. The highest BCUT2D eigenvalue weighted by Gasteiger charge is 2.50. The second-order valence-corrected chi connectivity index (χ2v) is 8.66. The fraction of sp³-hybridized carbons (Fsp3) is 0.280. The molecule has 1 N–H and O–H groups in total. The van der Waals surface area contributed by atoms with E-state index >= 15 is 0 Å². The van der Waals surface area contributed by atoms with Gasteiger partial charge in [-0.3, -0.25) is 19.3 Å². The number of rotatable bonds is 5. The van der Waals surface area contributed by atoms with Crippen molar-refractivity contribution in [3.05, 3.63) is 70.8 Å². The summed E-state index contributed by atoms with van der Waals surface area (Å²) in [4.78, 5) is 51.4. The lowest BCUT2D eigenvalue weighted by Gasteiger charge is -2.22. The van der Waals surface area contributed by atoms with E-state index in [1.165, 1.54) is 29.2 Å². The molecule has 0 spiro atoms. The Labute approximate surface area is 196 Å². The van der Waals surface area contributed by atoms with Crippen molar-refractivity contribution in [1.29, 1.82) is 0 Å². The molecule has 0 aromatic heterocycles. The number of imide groups is 1. The summed E-state index contributed by atoms with van der Waals surface area (Å²) >= 11 is 6.04. The molecule has 0 bridgehead atoms. The zero-order valence-corrected chi connectivity index (χ0v) is 19.0. The van der Waals surface area contributed by atoms with Gasteiger partial charge in [-0.25, -0.2) is 4.79 Å². The molecule has 7 nitrogen and oxygen atoms in total. The molecule has 0 unspecified atom stereocenters. The molecule has 2 aliphatic rings. The Morgan fingerprint density at radius 3 is 2.55 bits per heavy atom. The average Bonchev–Trinajstić information content (AvgIpc) is 3.06. The topological polar surface area (TPSA) is 92.8 Å². The number of allylic oxidation sites excluding steroid dienone is 2. The van der Waals surface area contributed by atoms with Crippen molar-refractivity contribution in [1.82, 2.24) is 0 Å². The van der Waals surface area contributed by atoms with Gasteiger partial charge in [0.2, 0.25) is 11.8 Å². The molecule has 2 aromatic carbocycles. The maximum Gasteiger partial charge on any atom is 0.338 e. The molecule has 1 fully saturated rings. The standard InChI is InChI=1S/C25H23ClN2O5/c1-14-5-3-6-18-22(14)24(31)28(23(18)30)17-11-9-16(10-12-17)25(32)33-13-21(29)27-20-8-4-7-19(26)15(20)2/h3-5,7-12,14,18,22H,6,13H2,1-2H3,(H,27,29)/t14-,18-,22+/m1/s1. The first kappa shape index (κ1) is 22.7. The Morgan fingerprint density at radius 2 is 1.85 bits per heavy atom. The fourth-order valence-electron chi connectivity index (χ4n) is 4.29. The van der Waals surface area contributed by atoms with E-state index in [0.717, 1.165) is 0 Å². The van der Waals surface area contributed by atoms with Crippen molar-refractivity contribution in [2.24, 2.45) is 17.8 Å². The maximum atomic E-state index is 12.9. The molecule has 1 aliphatic carbocycles. The number of carbonyl (C=O) groups is 4. The molecule has 1 aliphatic heterocycles. The number of fused-ring (bicyclic) bond motifs is 1. The van der Waals surface area contributed by atoms with Gasteiger partial charge in [0, 0.05) is 10.7 Å². The smallest absolute Gasteiger partial charge is 0.338 e. The first-order chi connectivity index (χ1) is 15.8. The zero-order valence-electron chi connectivity index (χ0n) is 18.2. The summed E-state index contributed by atoms with van der Waals surface area (Å²) in [6.45, 7) is 3.24. The Hall–Kier alpha value is -3.45. The monoisotopic (exact) mass is 466 g/mol. The van der Waals surface area contributed by atoms with Crippen LogP contribution in [0, 0.1) is 24.7 Å². The van der Waals surface area contributed by atoms with Crippen LogP contribution in [0.4, 0.5) is 11.4 Å². The van der Waals surface area contributed by atoms with Crippen LogP contribution in [0.25, 0.3) is 0 Å². The summed E-state index contributed by atoms with van der Waals surface area (Å²) in [5.74, 6) is -2.32.